The van der Waals surface area contributed by atoms with Gasteiger partial charge in [-0.1, -0.05) is 42.5 Å². The van der Waals surface area contributed by atoms with E-state index in [1.54, 1.807) is 0 Å². The van der Waals surface area contributed by atoms with Crippen molar-refractivity contribution in [1.82, 2.24) is 10.3 Å². The molecule has 1 atom stereocenters. The molecule has 0 saturated heterocycles. The highest BCUT2D eigenvalue weighted by Gasteiger charge is 2.13. The number of hydrogen-bond donors (Lipinski definition) is 2. The first-order chi connectivity index (χ1) is 14.5. The summed E-state index contributed by atoms with van der Waals surface area (Å²) >= 11 is 0. The van der Waals surface area contributed by atoms with Gasteiger partial charge in [0.1, 0.15) is 12.4 Å². The monoisotopic (exact) mass is 414 g/mol. The number of nitrogens with one attached hydrogen (secondary N) is 1. The average molecular weight is 414 g/mol. The number of halogens is 2. The standard InChI is InChI=1S/C22H20F2N2O4/c23-22(24)30-18-8-6-16(7-9-18)19(27)13-26-21(28)17-10-11-25-20(12-17)29-14-15-4-2-1-3-5-15/h1-12,19,22,27H,13-14H2,(H,26,28). The van der Waals surface area contributed by atoms with Crippen LogP contribution in [0.5, 0.6) is 11.6 Å². The molecule has 30 heavy (non-hydrogen) atoms. The zero-order chi connectivity index (χ0) is 21.3. The van der Waals surface area contributed by atoms with Gasteiger partial charge in [-0.05, 0) is 29.3 Å². The highest BCUT2D eigenvalue weighted by atomic mass is 19.3. The SMILES string of the molecule is O=C(NCC(O)c1ccc(OC(F)F)cc1)c1ccnc(OCc2ccccc2)c1. The van der Waals surface area contributed by atoms with E-state index in [2.05, 4.69) is 15.0 Å². The van der Waals surface area contributed by atoms with Crippen LogP contribution in [0.2, 0.25) is 0 Å². The lowest BCUT2D eigenvalue weighted by Gasteiger charge is -2.13. The van der Waals surface area contributed by atoms with Crippen LogP contribution in [0.15, 0.2) is 72.9 Å². The van der Waals surface area contributed by atoms with E-state index in [-0.39, 0.29) is 12.3 Å². The summed E-state index contributed by atoms with van der Waals surface area (Å²) in [4.78, 5) is 16.5. The Morgan fingerprint density at radius 2 is 1.80 bits per heavy atom. The Morgan fingerprint density at radius 1 is 1.07 bits per heavy atom. The van der Waals surface area contributed by atoms with Crippen molar-refractivity contribution in [1.29, 1.82) is 0 Å². The summed E-state index contributed by atoms with van der Waals surface area (Å²) in [6, 6.07) is 18.2. The minimum absolute atomic E-state index is 0.00944. The van der Waals surface area contributed by atoms with Crippen molar-refractivity contribution < 1.29 is 28.2 Å². The Kier molecular flexibility index (Phi) is 7.29. The van der Waals surface area contributed by atoms with E-state index in [0.717, 1.165) is 5.56 Å². The molecule has 3 aromatic rings. The molecule has 3 rings (SSSR count). The number of carbonyl (C=O) groups is 1. The molecule has 2 N–H and O–H groups in total. The fourth-order valence-electron chi connectivity index (χ4n) is 2.64. The van der Waals surface area contributed by atoms with E-state index in [0.29, 0.717) is 23.6 Å². The van der Waals surface area contributed by atoms with Gasteiger partial charge in [-0.15, -0.1) is 0 Å². The van der Waals surface area contributed by atoms with Gasteiger partial charge in [0.25, 0.3) is 5.91 Å². The topological polar surface area (TPSA) is 80.7 Å². The maximum atomic E-state index is 12.4. The van der Waals surface area contributed by atoms with Gasteiger partial charge in [-0.25, -0.2) is 4.98 Å². The first-order valence-electron chi connectivity index (χ1n) is 9.15. The minimum Gasteiger partial charge on any atom is -0.473 e. The molecule has 1 unspecified atom stereocenters. The number of nitrogens with zero attached hydrogens (tertiary/aromatic N) is 1. The van der Waals surface area contributed by atoms with Crippen LogP contribution < -0.4 is 14.8 Å². The number of ether oxygens (including phenoxy) is 2. The smallest absolute Gasteiger partial charge is 0.387 e. The van der Waals surface area contributed by atoms with Crippen LogP contribution >= 0.6 is 0 Å². The molecule has 156 valence electrons. The van der Waals surface area contributed by atoms with Crippen molar-refractivity contribution in [2.45, 2.75) is 19.3 Å². The highest BCUT2D eigenvalue weighted by molar-refractivity contribution is 5.94. The van der Waals surface area contributed by atoms with Crippen molar-refractivity contribution in [3.05, 3.63) is 89.6 Å². The van der Waals surface area contributed by atoms with Crippen molar-refractivity contribution >= 4 is 5.91 Å². The maximum Gasteiger partial charge on any atom is 0.387 e. The van der Waals surface area contributed by atoms with E-state index in [1.807, 2.05) is 30.3 Å². The first-order valence-corrected chi connectivity index (χ1v) is 9.15. The first kappa shape index (κ1) is 21.2. The summed E-state index contributed by atoms with van der Waals surface area (Å²) in [7, 11) is 0. The third-order valence-corrected chi connectivity index (χ3v) is 4.17. The molecule has 0 aliphatic rings. The van der Waals surface area contributed by atoms with E-state index in [4.69, 9.17) is 4.74 Å². The predicted molar refractivity (Wildman–Crippen MR) is 105 cm³/mol. The number of aromatic nitrogens is 1. The molecule has 1 aromatic heterocycles. The summed E-state index contributed by atoms with van der Waals surface area (Å²) in [6.07, 6.45) is 0.457. The largest absolute Gasteiger partial charge is 0.473 e. The second-order valence-electron chi connectivity index (χ2n) is 6.33. The van der Waals surface area contributed by atoms with Gasteiger partial charge in [0.05, 0.1) is 6.10 Å². The van der Waals surface area contributed by atoms with Crippen molar-refractivity contribution in [3.63, 3.8) is 0 Å². The zero-order valence-corrected chi connectivity index (χ0v) is 15.9. The summed E-state index contributed by atoms with van der Waals surface area (Å²) in [5, 5.41) is 12.8. The lowest BCUT2D eigenvalue weighted by Crippen LogP contribution is -2.28. The van der Waals surface area contributed by atoms with Crippen LogP contribution in [0.4, 0.5) is 8.78 Å². The number of benzene rings is 2. The van der Waals surface area contributed by atoms with Crippen LogP contribution in [-0.2, 0) is 6.61 Å². The molecule has 8 heteroatoms. The quantitative estimate of drug-likeness (QED) is 0.558. The van der Waals surface area contributed by atoms with Crippen LogP contribution in [0.1, 0.15) is 27.6 Å². The van der Waals surface area contributed by atoms with E-state index in [1.165, 1.54) is 42.6 Å². The molecule has 1 heterocycles. The number of aliphatic hydroxyl groups is 1. The second-order valence-corrected chi connectivity index (χ2v) is 6.33. The van der Waals surface area contributed by atoms with Crippen LogP contribution in [0.25, 0.3) is 0 Å². The fraction of sp³-hybridized carbons (Fsp3) is 0.182. The Labute approximate surface area is 172 Å². The van der Waals surface area contributed by atoms with Gasteiger partial charge in [-0.3, -0.25) is 4.79 Å². The number of aliphatic hydroxyl groups excluding tert-OH is 1. The third kappa shape index (κ3) is 6.25. The average Bonchev–Trinajstić information content (AvgIpc) is 2.77. The fourth-order valence-corrected chi connectivity index (χ4v) is 2.64. The van der Waals surface area contributed by atoms with Gasteiger partial charge in [0, 0.05) is 24.4 Å². The second kappa shape index (κ2) is 10.3. The molecule has 0 saturated carbocycles. The molecule has 1 amide bonds. The van der Waals surface area contributed by atoms with Gasteiger partial charge < -0.3 is 19.9 Å². The Hall–Kier alpha value is -3.52. The van der Waals surface area contributed by atoms with E-state index >= 15 is 0 Å². The van der Waals surface area contributed by atoms with Gasteiger partial charge in [0.15, 0.2) is 0 Å². The molecular weight excluding hydrogens is 394 g/mol. The molecule has 0 radical (unpaired) electrons. The molecule has 0 aliphatic carbocycles. The van der Waals surface area contributed by atoms with Crippen LogP contribution in [0.3, 0.4) is 0 Å². The Morgan fingerprint density at radius 3 is 2.50 bits per heavy atom. The number of pyridine rings is 1. The molecule has 6 nitrogen and oxygen atoms in total. The summed E-state index contributed by atoms with van der Waals surface area (Å²) < 4.78 is 34.2. The van der Waals surface area contributed by atoms with E-state index in [9.17, 15) is 18.7 Å². The lowest BCUT2D eigenvalue weighted by molar-refractivity contribution is -0.0498. The van der Waals surface area contributed by atoms with Crippen molar-refractivity contribution in [3.8, 4) is 11.6 Å². The summed E-state index contributed by atoms with van der Waals surface area (Å²) in [5.41, 5.74) is 1.77. The number of amides is 1. The minimum atomic E-state index is -2.91. The predicted octanol–water partition coefficient (Wildman–Crippen LogP) is 3.73. The number of hydrogen-bond acceptors (Lipinski definition) is 5. The van der Waals surface area contributed by atoms with Crippen LogP contribution in [0, 0.1) is 0 Å². The molecule has 0 spiro atoms. The number of alkyl halides is 2. The molecule has 0 fully saturated rings. The van der Waals surface area contributed by atoms with Crippen molar-refractivity contribution in [2.24, 2.45) is 0 Å². The van der Waals surface area contributed by atoms with Crippen molar-refractivity contribution in [2.75, 3.05) is 6.54 Å². The lowest BCUT2D eigenvalue weighted by atomic mass is 10.1. The number of carbonyl (C=O) groups excluding carboxylic acids is 1. The maximum absolute atomic E-state index is 12.4. The molecule has 0 aliphatic heterocycles. The summed E-state index contributed by atoms with van der Waals surface area (Å²) in [5.74, 6) is -0.106. The Balaban J connectivity index is 1.53. The zero-order valence-electron chi connectivity index (χ0n) is 15.9. The third-order valence-electron chi connectivity index (χ3n) is 4.17. The van der Waals surface area contributed by atoms with Crippen LogP contribution in [-0.4, -0.2) is 29.2 Å². The molecular formula is C22H20F2N2O4. The summed E-state index contributed by atoms with van der Waals surface area (Å²) in [6.45, 7) is -2.65. The molecule has 2 aromatic carbocycles. The van der Waals surface area contributed by atoms with Gasteiger partial charge in [-0.2, -0.15) is 8.78 Å². The highest BCUT2D eigenvalue weighted by Crippen LogP contribution is 2.19. The van der Waals surface area contributed by atoms with E-state index < -0.39 is 18.6 Å². The molecule has 0 bridgehead atoms. The van der Waals surface area contributed by atoms with Gasteiger partial charge in [0.2, 0.25) is 5.88 Å². The normalized spacial score (nSPS) is 11.7. The Bertz CT molecular complexity index is 953. The van der Waals surface area contributed by atoms with Gasteiger partial charge >= 0.3 is 6.61 Å². The number of rotatable bonds is 9.